The van der Waals surface area contributed by atoms with Crippen LogP contribution < -0.4 is 20.7 Å². The second-order valence-electron chi connectivity index (χ2n) is 7.60. The first-order chi connectivity index (χ1) is 15.0. The first-order valence-electron chi connectivity index (χ1n) is 10.4. The summed E-state index contributed by atoms with van der Waals surface area (Å²) in [5.41, 5.74) is 2.90. The molecular weight excluding hydrogens is 394 g/mol. The maximum Gasteiger partial charge on any atom is 0.251 e. The van der Waals surface area contributed by atoms with Crippen molar-refractivity contribution < 1.29 is 19.1 Å². The summed E-state index contributed by atoms with van der Waals surface area (Å²) in [7, 11) is 0. The van der Waals surface area contributed by atoms with Gasteiger partial charge >= 0.3 is 0 Å². The maximum atomic E-state index is 12.2. The number of ether oxygens (including phenoxy) is 2. The Morgan fingerprint density at radius 2 is 1.97 bits per heavy atom. The molecule has 2 amide bonds. The summed E-state index contributed by atoms with van der Waals surface area (Å²) in [6.07, 6.45) is 2.14. The van der Waals surface area contributed by atoms with Crippen LogP contribution in [0.15, 0.2) is 60.7 Å². The van der Waals surface area contributed by atoms with Crippen LogP contribution in [-0.2, 0) is 9.53 Å². The van der Waals surface area contributed by atoms with Crippen molar-refractivity contribution >= 4 is 23.2 Å². The Morgan fingerprint density at radius 1 is 1.16 bits per heavy atom. The van der Waals surface area contributed by atoms with Crippen LogP contribution >= 0.6 is 0 Å². The second-order valence-corrected chi connectivity index (χ2v) is 7.60. The molecule has 1 atom stereocenters. The SMILES string of the molecule is C=C(C)COc1cccc(NC(=O)CNc2ccc(C(=O)NCC3CCCO3)cc2)c1. The van der Waals surface area contributed by atoms with Crippen molar-refractivity contribution in [2.75, 3.05) is 36.9 Å². The van der Waals surface area contributed by atoms with Gasteiger partial charge in [0.15, 0.2) is 0 Å². The van der Waals surface area contributed by atoms with Crippen molar-refractivity contribution in [3.63, 3.8) is 0 Å². The van der Waals surface area contributed by atoms with Gasteiger partial charge in [0.2, 0.25) is 5.91 Å². The van der Waals surface area contributed by atoms with E-state index in [-0.39, 0.29) is 24.5 Å². The van der Waals surface area contributed by atoms with Gasteiger partial charge in [-0.05, 0) is 61.7 Å². The van der Waals surface area contributed by atoms with E-state index in [2.05, 4.69) is 22.5 Å². The molecule has 1 fully saturated rings. The van der Waals surface area contributed by atoms with Crippen molar-refractivity contribution in [2.24, 2.45) is 0 Å². The van der Waals surface area contributed by atoms with Gasteiger partial charge in [0, 0.05) is 36.2 Å². The van der Waals surface area contributed by atoms with Gasteiger partial charge < -0.3 is 25.4 Å². The molecule has 31 heavy (non-hydrogen) atoms. The number of nitrogens with one attached hydrogen (secondary N) is 3. The van der Waals surface area contributed by atoms with Gasteiger partial charge in [0.05, 0.1) is 12.6 Å². The lowest BCUT2D eigenvalue weighted by Crippen LogP contribution is -2.31. The third-order valence-electron chi connectivity index (χ3n) is 4.72. The summed E-state index contributed by atoms with van der Waals surface area (Å²) in [5, 5.41) is 8.78. The number of carbonyl (C=O) groups is 2. The Balaban J connectivity index is 1.43. The molecule has 2 aromatic rings. The minimum Gasteiger partial charge on any atom is -0.489 e. The fraction of sp³-hybridized carbons (Fsp3) is 0.333. The molecule has 1 aliphatic heterocycles. The van der Waals surface area contributed by atoms with E-state index in [1.165, 1.54) is 0 Å². The molecule has 7 heteroatoms. The molecule has 0 aromatic heterocycles. The maximum absolute atomic E-state index is 12.2. The van der Waals surface area contributed by atoms with Crippen LogP contribution in [0, 0.1) is 0 Å². The van der Waals surface area contributed by atoms with Crippen molar-refractivity contribution in [1.29, 1.82) is 0 Å². The van der Waals surface area contributed by atoms with E-state index in [0.29, 0.717) is 30.2 Å². The van der Waals surface area contributed by atoms with Gasteiger partial charge in [-0.1, -0.05) is 12.6 Å². The second kappa shape index (κ2) is 11.2. The largest absolute Gasteiger partial charge is 0.489 e. The molecule has 3 rings (SSSR count). The first kappa shape index (κ1) is 22.4. The Bertz CT molecular complexity index is 905. The van der Waals surface area contributed by atoms with Crippen molar-refractivity contribution in [1.82, 2.24) is 5.32 Å². The third-order valence-corrected chi connectivity index (χ3v) is 4.72. The molecular formula is C24H29N3O4. The van der Waals surface area contributed by atoms with E-state index < -0.39 is 0 Å². The predicted molar refractivity (Wildman–Crippen MR) is 122 cm³/mol. The molecule has 1 heterocycles. The van der Waals surface area contributed by atoms with E-state index >= 15 is 0 Å². The fourth-order valence-electron chi connectivity index (χ4n) is 3.11. The zero-order valence-electron chi connectivity index (χ0n) is 17.8. The molecule has 7 nitrogen and oxygen atoms in total. The summed E-state index contributed by atoms with van der Waals surface area (Å²) >= 11 is 0. The van der Waals surface area contributed by atoms with Crippen molar-refractivity contribution in [3.8, 4) is 5.75 Å². The summed E-state index contributed by atoms with van der Waals surface area (Å²) in [6, 6.07) is 14.2. The Morgan fingerprint density at radius 3 is 2.68 bits per heavy atom. The van der Waals surface area contributed by atoms with Gasteiger partial charge in [-0.15, -0.1) is 0 Å². The molecule has 1 saturated heterocycles. The number of amides is 2. The Labute approximate surface area is 182 Å². The van der Waals surface area contributed by atoms with Crippen molar-refractivity contribution in [3.05, 3.63) is 66.2 Å². The van der Waals surface area contributed by atoms with E-state index in [1.54, 1.807) is 36.4 Å². The number of benzene rings is 2. The van der Waals surface area contributed by atoms with Crippen LogP contribution in [-0.4, -0.2) is 44.2 Å². The van der Waals surface area contributed by atoms with E-state index in [0.717, 1.165) is 30.7 Å². The van der Waals surface area contributed by atoms with Crippen LogP contribution in [0.3, 0.4) is 0 Å². The zero-order chi connectivity index (χ0) is 22.1. The molecule has 0 bridgehead atoms. The van der Waals surface area contributed by atoms with E-state index in [9.17, 15) is 9.59 Å². The summed E-state index contributed by atoms with van der Waals surface area (Å²) in [4.78, 5) is 24.5. The quantitative estimate of drug-likeness (QED) is 0.508. The molecule has 3 N–H and O–H groups in total. The minimum atomic E-state index is -0.185. The first-order valence-corrected chi connectivity index (χ1v) is 10.4. The van der Waals surface area contributed by atoms with Gasteiger partial charge in [-0.25, -0.2) is 0 Å². The van der Waals surface area contributed by atoms with Crippen LogP contribution in [0.5, 0.6) is 5.75 Å². The van der Waals surface area contributed by atoms with Crippen LogP contribution in [0.4, 0.5) is 11.4 Å². The number of carbonyl (C=O) groups excluding carboxylic acids is 2. The Kier molecular flexibility index (Phi) is 8.06. The number of hydrogen-bond acceptors (Lipinski definition) is 5. The molecule has 0 saturated carbocycles. The van der Waals surface area contributed by atoms with Gasteiger partial charge in [-0.3, -0.25) is 9.59 Å². The highest BCUT2D eigenvalue weighted by atomic mass is 16.5. The summed E-state index contributed by atoms with van der Waals surface area (Å²) in [5.74, 6) is 0.353. The molecule has 0 aliphatic carbocycles. The average molecular weight is 424 g/mol. The third kappa shape index (κ3) is 7.46. The van der Waals surface area contributed by atoms with Crippen LogP contribution in [0.1, 0.15) is 30.1 Å². The average Bonchev–Trinajstić information content (AvgIpc) is 3.29. The molecule has 0 spiro atoms. The van der Waals surface area contributed by atoms with Crippen molar-refractivity contribution in [2.45, 2.75) is 25.9 Å². The standard InChI is InChI=1S/C24H29N3O4/c1-17(2)16-31-21-6-3-5-20(13-21)27-23(28)15-25-19-10-8-18(9-11-19)24(29)26-14-22-7-4-12-30-22/h3,5-6,8-11,13,22,25H,1,4,7,12,14-16H2,2H3,(H,26,29)(H,27,28). The highest BCUT2D eigenvalue weighted by molar-refractivity contribution is 5.95. The lowest BCUT2D eigenvalue weighted by molar-refractivity contribution is -0.114. The monoisotopic (exact) mass is 423 g/mol. The predicted octanol–water partition coefficient (Wildman–Crippen LogP) is 3.60. The van der Waals surface area contributed by atoms with Crippen LogP contribution in [0.2, 0.25) is 0 Å². The van der Waals surface area contributed by atoms with Gasteiger partial charge in [0.25, 0.3) is 5.91 Å². The fourth-order valence-corrected chi connectivity index (χ4v) is 3.11. The normalized spacial score (nSPS) is 15.2. The topological polar surface area (TPSA) is 88.7 Å². The van der Waals surface area contributed by atoms with E-state index in [4.69, 9.17) is 9.47 Å². The highest BCUT2D eigenvalue weighted by Gasteiger charge is 2.16. The smallest absolute Gasteiger partial charge is 0.251 e. The molecule has 0 radical (unpaired) electrons. The minimum absolute atomic E-state index is 0.0986. The lowest BCUT2D eigenvalue weighted by Gasteiger charge is -2.12. The van der Waals surface area contributed by atoms with E-state index in [1.807, 2.05) is 19.1 Å². The molecule has 1 aliphatic rings. The van der Waals surface area contributed by atoms with Gasteiger partial charge in [0.1, 0.15) is 12.4 Å². The molecule has 2 aromatic carbocycles. The number of hydrogen-bond donors (Lipinski definition) is 3. The Hall–Kier alpha value is -3.32. The highest BCUT2D eigenvalue weighted by Crippen LogP contribution is 2.18. The molecule has 164 valence electrons. The summed E-state index contributed by atoms with van der Waals surface area (Å²) < 4.78 is 11.1. The van der Waals surface area contributed by atoms with Gasteiger partial charge in [-0.2, -0.15) is 0 Å². The molecule has 1 unspecified atom stereocenters. The lowest BCUT2D eigenvalue weighted by atomic mass is 10.2. The number of rotatable bonds is 10. The number of anilines is 2. The zero-order valence-corrected chi connectivity index (χ0v) is 17.8. The van der Waals surface area contributed by atoms with Crippen LogP contribution in [0.25, 0.3) is 0 Å². The summed E-state index contributed by atoms with van der Waals surface area (Å²) in [6.45, 7) is 7.52.